The summed E-state index contributed by atoms with van der Waals surface area (Å²) >= 11 is 0. The van der Waals surface area contributed by atoms with Crippen molar-refractivity contribution < 1.29 is 19.5 Å². The van der Waals surface area contributed by atoms with E-state index in [2.05, 4.69) is 5.10 Å². The molecule has 0 spiro atoms. The molecule has 0 aliphatic carbocycles. The van der Waals surface area contributed by atoms with Crippen LogP contribution in [0, 0.1) is 19.8 Å². The lowest BCUT2D eigenvalue weighted by Gasteiger charge is -2.17. The number of hydrogen-bond acceptors (Lipinski definition) is 4. The minimum Gasteiger partial charge on any atom is -0.478 e. The topological polar surface area (TPSA) is 92.5 Å². The molecule has 0 unspecified atom stereocenters. The summed E-state index contributed by atoms with van der Waals surface area (Å²) < 4.78 is 1.61. The Morgan fingerprint density at radius 3 is 2.64 bits per heavy atom. The minimum atomic E-state index is -0.931. The van der Waals surface area contributed by atoms with Crippen LogP contribution in [-0.4, -0.2) is 50.5 Å². The van der Waals surface area contributed by atoms with Gasteiger partial charge in [-0.15, -0.1) is 0 Å². The third-order valence-electron chi connectivity index (χ3n) is 5.36. The second-order valence-electron chi connectivity index (χ2n) is 7.46. The van der Waals surface area contributed by atoms with Gasteiger partial charge in [-0.2, -0.15) is 5.10 Å². The van der Waals surface area contributed by atoms with Gasteiger partial charge in [0.25, 0.3) is 0 Å². The molecule has 1 aromatic heterocycles. The van der Waals surface area contributed by atoms with Crippen LogP contribution in [-0.2, 0) is 17.8 Å². The minimum absolute atomic E-state index is 0.0116. The van der Waals surface area contributed by atoms with Gasteiger partial charge in [0.15, 0.2) is 5.78 Å². The molecule has 7 nitrogen and oxygen atoms in total. The lowest BCUT2D eigenvalue weighted by atomic mass is 9.97. The van der Waals surface area contributed by atoms with Gasteiger partial charge in [0.05, 0.1) is 16.8 Å². The summed E-state index contributed by atoms with van der Waals surface area (Å²) in [6, 6.07) is 6.97. The van der Waals surface area contributed by atoms with Crippen molar-refractivity contribution in [1.29, 1.82) is 0 Å². The SMILES string of the molecule is CC(=O)c1c(C)nn(CC(=O)N2CC[C@H](Cc3cccc(C(=O)O)c3)C2)c1C. The lowest BCUT2D eigenvalue weighted by molar-refractivity contribution is -0.131. The third kappa shape index (κ3) is 4.13. The number of aromatic carboxylic acids is 1. The van der Waals surface area contributed by atoms with Crippen molar-refractivity contribution in [1.82, 2.24) is 14.7 Å². The molecule has 0 saturated carbocycles. The molecule has 1 fully saturated rings. The molecule has 148 valence electrons. The molecular weight excluding hydrogens is 358 g/mol. The number of aromatic nitrogens is 2. The summed E-state index contributed by atoms with van der Waals surface area (Å²) in [7, 11) is 0. The van der Waals surface area contributed by atoms with Crippen LogP contribution >= 0.6 is 0 Å². The third-order valence-corrected chi connectivity index (χ3v) is 5.36. The van der Waals surface area contributed by atoms with E-state index >= 15 is 0 Å². The van der Waals surface area contributed by atoms with Gasteiger partial charge < -0.3 is 10.0 Å². The summed E-state index contributed by atoms with van der Waals surface area (Å²) in [5.74, 6) is -0.679. The van der Waals surface area contributed by atoms with Crippen molar-refractivity contribution in [3.05, 3.63) is 52.3 Å². The first-order valence-corrected chi connectivity index (χ1v) is 9.41. The van der Waals surface area contributed by atoms with Crippen molar-refractivity contribution in [2.45, 2.75) is 40.2 Å². The van der Waals surface area contributed by atoms with E-state index in [4.69, 9.17) is 5.11 Å². The van der Waals surface area contributed by atoms with Crippen LogP contribution in [0.1, 0.15) is 51.0 Å². The number of carbonyl (C=O) groups excluding carboxylic acids is 2. The van der Waals surface area contributed by atoms with Crippen LogP contribution in [0.25, 0.3) is 0 Å². The Hall–Kier alpha value is -2.96. The number of ketones is 1. The zero-order valence-electron chi connectivity index (χ0n) is 16.4. The van der Waals surface area contributed by atoms with Crippen LogP contribution in [0.4, 0.5) is 0 Å². The summed E-state index contributed by atoms with van der Waals surface area (Å²) in [5, 5.41) is 13.5. The van der Waals surface area contributed by atoms with E-state index in [-0.39, 0.29) is 23.8 Å². The average molecular weight is 383 g/mol. The molecule has 1 aromatic carbocycles. The molecule has 1 atom stereocenters. The Morgan fingerprint density at radius 2 is 2.00 bits per heavy atom. The second kappa shape index (κ2) is 7.96. The summed E-state index contributed by atoms with van der Waals surface area (Å²) in [4.78, 5) is 37.4. The number of carboxylic acid groups (broad SMARTS) is 1. The highest BCUT2D eigenvalue weighted by atomic mass is 16.4. The van der Waals surface area contributed by atoms with Crippen LogP contribution < -0.4 is 0 Å². The molecule has 2 aromatic rings. The smallest absolute Gasteiger partial charge is 0.335 e. The van der Waals surface area contributed by atoms with E-state index in [0.717, 1.165) is 24.1 Å². The number of benzene rings is 1. The molecule has 2 heterocycles. The maximum Gasteiger partial charge on any atom is 0.335 e. The largest absolute Gasteiger partial charge is 0.478 e. The predicted octanol–water partition coefficient (Wildman–Crippen LogP) is 2.49. The standard InChI is InChI=1S/C21H25N3O4/c1-13-20(15(3)25)14(2)24(22-13)12-19(26)23-8-7-17(11-23)9-16-5-4-6-18(10-16)21(27)28/h4-6,10,17H,7-9,11-12H2,1-3H3,(H,27,28)/t17-/m1/s1. The first-order valence-electron chi connectivity index (χ1n) is 9.41. The van der Waals surface area contributed by atoms with Crippen LogP contribution in [0.15, 0.2) is 24.3 Å². The Morgan fingerprint density at radius 1 is 1.25 bits per heavy atom. The van der Waals surface area contributed by atoms with Gasteiger partial charge in [0.2, 0.25) is 5.91 Å². The van der Waals surface area contributed by atoms with Crippen molar-refractivity contribution in [2.24, 2.45) is 5.92 Å². The number of likely N-dealkylation sites (tertiary alicyclic amines) is 1. The van der Waals surface area contributed by atoms with Crippen molar-refractivity contribution >= 4 is 17.7 Å². The Kier molecular flexibility index (Phi) is 5.63. The zero-order chi connectivity index (χ0) is 20.4. The molecule has 3 rings (SSSR count). The highest BCUT2D eigenvalue weighted by molar-refractivity contribution is 5.96. The number of nitrogens with zero attached hydrogens (tertiary/aromatic N) is 3. The van der Waals surface area contributed by atoms with Crippen molar-refractivity contribution in [2.75, 3.05) is 13.1 Å². The van der Waals surface area contributed by atoms with Gasteiger partial charge in [-0.25, -0.2) is 4.79 Å². The quantitative estimate of drug-likeness (QED) is 0.774. The van der Waals surface area contributed by atoms with E-state index in [1.54, 1.807) is 29.8 Å². The number of carbonyl (C=O) groups is 3. The summed E-state index contributed by atoms with van der Waals surface area (Å²) in [5.41, 5.74) is 3.22. The molecule has 28 heavy (non-hydrogen) atoms. The zero-order valence-corrected chi connectivity index (χ0v) is 16.4. The van der Waals surface area contributed by atoms with Gasteiger partial charge in [-0.1, -0.05) is 12.1 Å². The highest BCUT2D eigenvalue weighted by Crippen LogP contribution is 2.22. The van der Waals surface area contributed by atoms with Gasteiger partial charge in [0, 0.05) is 18.8 Å². The van der Waals surface area contributed by atoms with E-state index in [9.17, 15) is 14.4 Å². The van der Waals surface area contributed by atoms with Crippen molar-refractivity contribution in [3.63, 3.8) is 0 Å². The average Bonchev–Trinajstić information content (AvgIpc) is 3.19. The molecule has 0 bridgehead atoms. The number of hydrogen-bond donors (Lipinski definition) is 1. The summed E-state index contributed by atoms with van der Waals surface area (Å²) in [6.07, 6.45) is 1.64. The van der Waals surface area contributed by atoms with E-state index in [1.165, 1.54) is 6.92 Å². The van der Waals surface area contributed by atoms with E-state index in [0.29, 0.717) is 30.3 Å². The maximum absolute atomic E-state index is 12.7. The predicted molar refractivity (Wildman–Crippen MR) is 103 cm³/mol. The molecule has 1 N–H and O–H groups in total. The maximum atomic E-state index is 12.7. The molecule has 7 heteroatoms. The van der Waals surface area contributed by atoms with Crippen LogP contribution in [0.3, 0.4) is 0 Å². The Balaban J connectivity index is 1.62. The monoisotopic (exact) mass is 383 g/mol. The molecule has 1 amide bonds. The van der Waals surface area contributed by atoms with Crippen LogP contribution in [0.5, 0.6) is 0 Å². The lowest BCUT2D eigenvalue weighted by Crippen LogP contribution is -2.32. The summed E-state index contributed by atoms with van der Waals surface area (Å²) in [6.45, 7) is 6.55. The highest BCUT2D eigenvalue weighted by Gasteiger charge is 2.27. The number of amides is 1. The normalized spacial score (nSPS) is 16.4. The van der Waals surface area contributed by atoms with E-state index in [1.807, 2.05) is 17.9 Å². The van der Waals surface area contributed by atoms with Gasteiger partial charge in [-0.3, -0.25) is 14.3 Å². The van der Waals surface area contributed by atoms with Crippen LogP contribution in [0.2, 0.25) is 0 Å². The van der Waals surface area contributed by atoms with Gasteiger partial charge in [-0.05, 0) is 57.2 Å². The van der Waals surface area contributed by atoms with Gasteiger partial charge >= 0.3 is 5.97 Å². The fourth-order valence-electron chi connectivity index (χ4n) is 3.98. The molecule has 0 radical (unpaired) electrons. The Labute approximate surface area is 164 Å². The van der Waals surface area contributed by atoms with Crippen molar-refractivity contribution in [3.8, 4) is 0 Å². The first-order chi connectivity index (χ1) is 13.3. The number of Topliss-reactive ketones (excluding diaryl/α,β-unsaturated/α-hetero) is 1. The fraction of sp³-hybridized carbons (Fsp3) is 0.429. The molecule has 1 aliphatic rings. The van der Waals surface area contributed by atoms with Gasteiger partial charge in [0.1, 0.15) is 6.54 Å². The number of aryl methyl sites for hydroxylation is 1. The molecule has 1 aliphatic heterocycles. The molecule has 1 saturated heterocycles. The molecular formula is C21H25N3O4. The first kappa shape index (κ1) is 19.8. The van der Waals surface area contributed by atoms with E-state index < -0.39 is 5.97 Å². The fourth-order valence-corrected chi connectivity index (χ4v) is 3.98. The number of carboxylic acids is 1. The Bertz CT molecular complexity index is 932. The number of rotatable bonds is 6. The second-order valence-corrected chi connectivity index (χ2v) is 7.46.